The van der Waals surface area contributed by atoms with E-state index in [2.05, 4.69) is 228 Å². The molecule has 11 aromatic rings. The van der Waals surface area contributed by atoms with Crippen molar-refractivity contribution < 1.29 is 18.9 Å². The molecule has 346 valence electrons. The van der Waals surface area contributed by atoms with Crippen LogP contribution in [0, 0.1) is 0 Å². The third-order valence-electron chi connectivity index (χ3n) is 14.8. The summed E-state index contributed by atoms with van der Waals surface area (Å²) >= 11 is 0. The largest absolute Gasteiger partial charge is 0.458 e. The van der Waals surface area contributed by atoms with Gasteiger partial charge < -0.3 is 28.7 Å². The molecular formula is C66H42B2N2O4. The van der Waals surface area contributed by atoms with Gasteiger partial charge in [-0.25, -0.2) is 0 Å². The topological polar surface area (TPSA) is 43.4 Å². The van der Waals surface area contributed by atoms with Gasteiger partial charge in [0.1, 0.15) is 46.0 Å². The molecule has 11 aromatic carbocycles. The molecule has 0 saturated heterocycles. The van der Waals surface area contributed by atoms with E-state index in [1.165, 1.54) is 10.9 Å². The van der Waals surface area contributed by atoms with Crippen LogP contribution in [0.1, 0.15) is 0 Å². The van der Waals surface area contributed by atoms with Crippen molar-refractivity contribution in [3.63, 3.8) is 0 Å². The van der Waals surface area contributed by atoms with E-state index < -0.39 is 0 Å². The zero-order chi connectivity index (χ0) is 48.7. The van der Waals surface area contributed by atoms with Crippen molar-refractivity contribution >= 4 is 80.3 Å². The van der Waals surface area contributed by atoms with E-state index in [0.29, 0.717) is 11.5 Å². The second-order valence-corrected chi connectivity index (χ2v) is 19.2. The van der Waals surface area contributed by atoms with Crippen LogP contribution in [0.15, 0.2) is 255 Å². The quantitative estimate of drug-likeness (QED) is 0.141. The molecule has 0 aromatic heterocycles. The van der Waals surface area contributed by atoms with Crippen LogP contribution < -0.4 is 61.5 Å². The van der Waals surface area contributed by atoms with Crippen LogP contribution >= 0.6 is 0 Å². The number of benzene rings is 11. The molecule has 6 nitrogen and oxygen atoms in total. The Morgan fingerprint density at radius 3 is 1.11 bits per heavy atom. The van der Waals surface area contributed by atoms with Crippen molar-refractivity contribution in [2.75, 3.05) is 9.80 Å². The fourth-order valence-electron chi connectivity index (χ4n) is 11.7. The van der Waals surface area contributed by atoms with E-state index >= 15 is 0 Å². The van der Waals surface area contributed by atoms with Crippen molar-refractivity contribution in [2.24, 2.45) is 0 Å². The summed E-state index contributed by atoms with van der Waals surface area (Å²) in [7, 11) is 0. The number of ether oxygens (including phenoxy) is 4. The van der Waals surface area contributed by atoms with Gasteiger partial charge in [-0.3, -0.25) is 0 Å². The highest BCUT2D eigenvalue weighted by molar-refractivity contribution is 7.02. The summed E-state index contributed by atoms with van der Waals surface area (Å²) in [5, 5.41) is 0. The third kappa shape index (κ3) is 6.91. The zero-order valence-corrected chi connectivity index (χ0v) is 39.9. The fourth-order valence-corrected chi connectivity index (χ4v) is 11.7. The maximum Gasteiger partial charge on any atom is 0.256 e. The molecule has 0 aliphatic carbocycles. The molecule has 0 fully saturated rings. The highest BCUT2D eigenvalue weighted by Crippen LogP contribution is 2.47. The lowest BCUT2D eigenvalue weighted by atomic mass is 9.31. The van der Waals surface area contributed by atoms with Gasteiger partial charge in [0.2, 0.25) is 0 Å². The van der Waals surface area contributed by atoms with E-state index in [-0.39, 0.29) is 13.4 Å². The Balaban J connectivity index is 0.898. The molecule has 0 saturated carbocycles. The number of rotatable bonds is 8. The molecule has 0 bridgehead atoms. The predicted molar refractivity (Wildman–Crippen MR) is 302 cm³/mol. The molecule has 0 unspecified atom stereocenters. The lowest BCUT2D eigenvalue weighted by Gasteiger charge is -2.42. The molecule has 74 heavy (non-hydrogen) atoms. The van der Waals surface area contributed by atoms with Gasteiger partial charge in [-0.1, -0.05) is 164 Å². The molecular weight excluding hydrogens is 906 g/mol. The first-order chi connectivity index (χ1) is 36.7. The van der Waals surface area contributed by atoms with Crippen LogP contribution in [0.4, 0.5) is 34.1 Å². The van der Waals surface area contributed by atoms with Gasteiger partial charge in [0, 0.05) is 64.5 Å². The maximum atomic E-state index is 7.23. The van der Waals surface area contributed by atoms with E-state index in [1.807, 2.05) is 36.4 Å². The molecule has 0 amide bonds. The van der Waals surface area contributed by atoms with Gasteiger partial charge in [0.15, 0.2) is 0 Å². The molecule has 0 radical (unpaired) electrons. The van der Waals surface area contributed by atoms with Gasteiger partial charge in [-0.15, -0.1) is 0 Å². The monoisotopic (exact) mass is 948 g/mol. The minimum absolute atomic E-state index is 0.163. The highest BCUT2D eigenvalue weighted by atomic mass is 16.5. The number of para-hydroxylation sites is 4. The molecule has 0 spiro atoms. The van der Waals surface area contributed by atoms with Crippen molar-refractivity contribution in [1.82, 2.24) is 0 Å². The van der Waals surface area contributed by atoms with Crippen molar-refractivity contribution in [3.05, 3.63) is 255 Å². The Morgan fingerprint density at radius 1 is 0.270 bits per heavy atom. The first-order valence-electron chi connectivity index (χ1n) is 25.1. The second kappa shape index (κ2) is 17.0. The first kappa shape index (κ1) is 42.1. The Morgan fingerprint density at radius 2 is 0.662 bits per heavy atom. The Hall–Kier alpha value is -9.65. The van der Waals surface area contributed by atoms with E-state index in [0.717, 1.165) is 113 Å². The summed E-state index contributed by atoms with van der Waals surface area (Å²) in [6, 6.07) is 88.9. The van der Waals surface area contributed by atoms with Gasteiger partial charge in [-0.05, 0) is 116 Å². The molecule has 15 rings (SSSR count). The summed E-state index contributed by atoms with van der Waals surface area (Å²) in [4.78, 5) is 4.70. The van der Waals surface area contributed by atoms with Crippen LogP contribution in [-0.4, -0.2) is 13.4 Å². The van der Waals surface area contributed by atoms with Gasteiger partial charge in [-0.2, -0.15) is 0 Å². The number of fused-ring (bicyclic) bond motifs is 8. The smallest absolute Gasteiger partial charge is 0.256 e. The zero-order valence-electron chi connectivity index (χ0n) is 39.9. The van der Waals surface area contributed by atoms with Crippen LogP contribution in [0.25, 0.3) is 22.3 Å². The van der Waals surface area contributed by atoms with E-state index in [1.54, 1.807) is 0 Å². The Labute approximate surface area is 430 Å². The summed E-state index contributed by atoms with van der Waals surface area (Å²) < 4.78 is 28.2. The summed E-state index contributed by atoms with van der Waals surface area (Å²) in [5.74, 6) is 5.76. The minimum atomic E-state index is -0.163. The van der Waals surface area contributed by atoms with Crippen molar-refractivity contribution in [1.29, 1.82) is 0 Å². The van der Waals surface area contributed by atoms with E-state index in [4.69, 9.17) is 18.9 Å². The molecule has 0 atom stereocenters. The van der Waals surface area contributed by atoms with E-state index in [9.17, 15) is 0 Å². The number of hydrogen-bond acceptors (Lipinski definition) is 6. The number of nitrogens with zero attached hydrogens (tertiary/aromatic N) is 2. The first-order valence-corrected chi connectivity index (χ1v) is 25.1. The van der Waals surface area contributed by atoms with Crippen molar-refractivity contribution in [2.45, 2.75) is 0 Å². The van der Waals surface area contributed by atoms with Crippen LogP contribution in [0.3, 0.4) is 0 Å². The van der Waals surface area contributed by atoms with Crippen LogP contribution in [0.2, 0.25) is 0 Å². The summed E-state index contributed by atoms with van der Waals surface area (Å²) in [5.41, 5.74) is 17.4. The third-order valence-corrected chi connectivity index (χ3v) is 14.8. The van der Waals surface area contributed by atoms with Gasteiger partial charge >= 0.3 is 0 Å². The number of hydrogen-bond donors (Lipinski definition) is 0. The van der Waals surface area contributed by atoms with Crippen molar-refractivity contribution in [3.8, 4) is 68.2 Å². The second-order valence-electron chi connectivity index (χ2n) is 19.2. The average molecular weight is 949 g/mol. The fraction of sp³-hybridized carbons (Fsp3) is 0. The van der Waals surface area contributed by atoms with Crippen LogP contribution in [0.5, 0.6) is 46.0 Å². The SMILES string of the molecule is c1ccc(-c2cccc(Oc3cc4c5c(c3)N(c3ccccc3)c3ccccc3B5c3cc5c(cc3O4)Oc3cc(Oc4cccc(-c6ccccc6)c4)cc4c3B5c3ccccc3N4c3ccccc3)c2)cc1. The summed E-state index contributed by atoms with van der Waals surface area (Å²) in [6.07, 6.45) is 0. The molecule has 4 heterocycles. The average Bonchev–Trinajstić information content (AvgIpc) is 3.47. The minimum Gasteiger partial charge on any atom is -0.458 e. The molecule has 8 heteroatoms. The van der Waals surface area contributed by atoms with Gasteiger partial charge in [0.25, 0.3) is 13.4 Å². The Kier molecular flexibility index (Phi) is 9.67. The predicted octanol–water partition coefficient (Wildman–Crippen LogP) is 13.4. The lowest BCUT2D eigenvalue weighted by Crippen LogP contribution is -2.63. The molecule has 4 aliphatic rings. The Bertz CT molecular complexity index is 3750. The number of anilines is 6. The highest BCUT2D eigenvalue weighted by Gasteiger charge is 2.47. The maximum absolute atomic E-state index is 7.23. The van der Waals surface area contributed by atoms with Crippen LogP contribution in [-0.2, 0) is 0 Å². The molecule has 0 N–H and O–H groups in total. The summed E-state index contributed by atoms with van der Waals surface area (Å²) in [6.45, 7) is -0.327. The molecule has 4 aliphatic heterocycles. The standard InChI is InChI=1S/C66H42B2N2O4/c1-5-19-43(20-6-1)45-23-17-29-49(35-45)71-51-37-59-65-63(39-51)73-61-42-62-56(41-55(61)67(65)53-31-13-15-33-57(53)69(59)47-25-9-3-10-26-47)68-54-32-14-16-34-58(54)70(48-27-11-4-12-28-48)60-38-52(40-64(74-62)66(60)68)72-50-30-18-24-46(36-50)44-21-7-2-8-22-44/h1-42H. The lowest BCUT2D eigenvalue weighted by molar-refractivity contribution is 0.451. The normalized spacial score (nSPS) is 13.0. The van der Waals surface area contributed by atoms with Gasteiger partial charge in [0.05, 0.1) is 0 Å².